The van der Waals surface area contributed by atoms with Crippen LogP contribution in [0.5, 0.6) is 0 Å². The Bertz CT molecular complexity index is 789. The zero-order valence-electron chi connectivity index (χ0n) is 13.5. The summed E-state index contributed by atoms with van der Waals surface area (Å²) in [5.41, 5.74) is 0.811. The fraction of sp³-hybridized carbons (Fsp3) is 0.278. The Morgan fingerprint density at radius 1 is 1.12 bits per heavy atom. The van der Waals surface area contributed by atoms with Gasteiger partial charge in [-0.25, -0.2) is 4.39 Å². The van der Waals surface area contributed by atoms with E-state index >= 15 is 0 Å². The molecule has 3 rings (SSSR count). The lowest BCUT2D eigenvalue weighted by Gasteiger charge is -2.32. The maximum atomic E-state index is 13.6. The number of nitrogens with one attached hydrogen (secondary N) is 1. The monoisotopic (exact) mass is 343 g/mol. The highest BCUT2D eigenvalue weighted by molar-refractivity contribution is 5.92. The Balaban J connectivity index is 1.63. The summed E-state index contributed by atoms with van der Waals surface area (Å²) in [5, 5.41) is 13.8. The van der Waals surface area contributed by atoms with Gasteiger partial charge in [0.15, 0.2) is 0 Å². The molecule has 130 valence electrons. The third-order valence-electron chi connectivity index (χ3n) is 4.42. The first-order valence-electron chi connectivity index (χ1n) is 8.10. The van der Waals surface area contributed by atoms with Crippen molar-refractivity contribution in [2.24, 2.45) is 5.92 Å². The normalized spacial score (nSPS) is 15.0. The lowest BCUT2D eigenvalue weighted by atomic mass is 9.95. The Morgan fingerprint density at radius 2 is 1.76 bits per heavy atom. The van der Waals surface area contributed by atoms with Crippen LogP contribution in [0.1, 0.15) is 12.8 Å². The quantitative estimate of drug-likeness (QED) is 0.680. The summed E-state index contributed by atoms with van der Waals surface area (Å²) in [6, 6.07) is 12.6. The van der Waals surface area contributed by atoms with Crippen molar-refractivity contribution in [3.8, 4) is 0 Å². The van der Waals surface area contributed by atoms with Crippen molar-refractivity contribution in [3.05, 3.63) is 64.5 Å². The third-order valence-corrected chi connectivity index (χ3v) is 4.42. The summed E-state index contributed by atoms with van der Waals surface area (Å²) in [4.78, 5) is 25.0. The van der Waals surface area contributed by atoms with Crippen LogP contribution in [0, 0.1) is 21.8 Å². The number of amides is 1. The summed E-state index contributed by atoms with van der Waals surface area (Å²) >= 11 is 0. The van der Waals surface area contributed by atoms with Gasteiger partial charge in [-0.3, -0.25) is 14.9 Å². The molecule has 0 saturated carbocycles. The van der Waals surface area contributed by atoms with Crippen molar-refractivity contribution in [1.29, 1.82) is 0 Å². The number of hydrogen-bond donors (Lipinski definition) is 1. The van der Waals surface area contributed by atoms with Gasteiger partial charge in [-0.2, -0.15) is 0 Å². The van der Waals surface area contributed by atoms with Gasteiger partial charge in [0.2, 0.25) is 5.91 Å². The second kappa shape index (κ2) is 7.29. The summed E-state index contributed by atoms with van der Waals surface area (Å²) < 4.78 is 13.6. The second-order valence-corrected chi connectivity index (χ2v) is 5.98. The number of piperidine rings is 1. The van der Waals surface area contributed by atoms with E-state index in [0.29, 0.717) is 31.6 Å². The van der Waals surface area contributed by atoms with Gasteiger partial charge in [0.1, 0.15) is 11.5 Å². The van der Waals surface area contributed by atoms with E-state index in [2.05, 4.69) is 5.32 Å². The maximum Gasteiger partial charge on any atom is 0.292 e. The highest BCUT2D eigenvalue weighted by Crippen LogP contribution is 2.31. The van der Waals surface area contributed by atoms with E-state index in [9.17, 15) is 19.3 Å². The Morgan fingerprint density at radius 3 is 2.44 bits per heavy atom. The van der Waals surface area contributed by atoms with Gasteiger partial charge in [-0.1, -0.05) is 24.3 Å². The molecular formula is C18H18FN3O3. The van der Waals surface area contributed by atoms with Crippen LogP contribution < -0.4 is 10.2 Å². The average Bonchev–Trinajstić information content (AvgIpc) is 2.63. The molecule has 0 bridgehead atoms. The Kier molecular flexibility index (Phi) is 4.92. The first kappa shape index (κ1) is 16.9. The number of rotatable bonds is 4. The van der Waals surface area contributed by atoms with Gasteiger partial charge in [-0.15, -0.1) is 0 Å². The molecule has 7 heteroatoms. The van der Waals surface area contributed by atoms with Crippen molar-refractivity contribution in [1.82, 2.24) is 0 Å². The predicted octanol–water partition coefficient (Wildman–Crippen LogP) is 3.59. The topological polar surface area (TPSA) is 75.5 Å². The van der Waals surface area contributed by atoms with E-state index in [1.165, 1.54) is 18.2 Å². The molecule has 6 nitrogen and oxygen atoms in total. The van der Waals surface area contributed by atoms with Crippen LogP contribution in [0.3, 0.4) is 0 Å². The molecule has 1 fully saturated rings. The molecule has 1 N–H and O–H groups in total. The molecule has 0 aromatic heterocycles. The van der Waals surface area contributed by atoms with Crippen molar-refractivity contribution in [3.63, 3.8) is 0 Å². The molecule has 1 aliphatic heterocycles. The fourth-order valence-electron chi connectivity index (χ4n) is 3.07. The average molecular weight is 343 g/mol. The van der Waals surface area contributed by atoms with Crippen molar-refractivity contribution in [2.75, 3.05) is 23.3 Å². The first-order chi connectivity index (χ1) is 12.1. The molecule has 1 amide bonds. The van der Waals surface area contributed by atoms with Crippen molar-refractivity contribution in [2.45, 2.75) is 12.8 Å². The van der Waals surface area contributed by atoms with Crippen LogP contribution in [0.15, 0.2) is 48.5 Å². The number of anilines is 2. The van der Waals surface area contributed by atoms with Crippen LogP contribution in [0.25, 0.3) is 0 Å². The van der Waals surface area contributed by atoms with Crippen LogP contribution in [0.2, 0.25) is 0 Å². The maximum absolute atomic E-state index is 13.6. The molecule has 0 atom stereocenters. The molecule has 0 radical (unpaired) electrons. The molecule has 0 spiro atoms. The Labute approximate surface area is 144 Å². The number of para-hydroxylation sites is 3. The highest BCUT2D eigenvalue weighted by atomic mass is 19.1. The minimum Gasteiger partial charge on any atom is -0.366 e. The molecule has 0 aliphatic carbocycles. The van der Waals surface area contributed by atoms with E-state index in [-0.39, 0.29) is 23.2 Å². The van der Waals surface area contributed by atoms with E-state index in [4.69, 9.17) is 0 Å². The predicted molar refractivity (Wildman–Crippen MR) is 93.1 cm³/mol. The SMILES string of the molecule is O=C(Nc1ccccc1F)C1CCN(c2ccccc2[N+](=O)[O-])CC1. The summed E-state index contributed by atoms with van der Waals surface area (Å²) in [5.74, 6) is -0.917. The van der Waals surface area contributed by atoms with E-state index in [0.717, 1.165) is 0 Å². The molecule has 1 aliphatic rings. The smallest absolute Gasteiger partial charge is 0.292 e. The number of carbonyl (C=O) groups excluding carboxylic acids is 1. The van der Waals surface area contributed by atoms with Gasteiger partial charge < -0.3 is 10.2 Å². The molecule has 1 saturated heterocycles. The zero-order chi connectivity index (χ0) is 17.8. The highest BCUT2D eigenvalue weighted by Gasteiger charge is 2.28. The molecule has 2 aromatic carbocycles. The van der Waals surface area contributed by atoms with Crippen molar-refractivity contribution >= 4 is 23.0 Å². The molecule has 2 aromatic rings. The minimum atomic E-state index is -0.465. The van der Waals surface area contributed by atoms with Crippen molar-refractivity contribution < 1.29 is 14.1 Å². The number of nitro benzene ring substituents is 1. The third kappa shape index (κ3) is 3.76. The van der Waals surface area contributed by atoms with Crippen LogP contribution in [-0.2, 0) is 4.79 Å². The van der Waals surface area contributed by atoms with E-state index in [1.54, 1.807) is 30.3 Å². The number of hydrogen-bond acceptors (Lipinski definition) is 4. The van der Waals surface area contributed by atoms with Gasteiger partial charge in [0.05, 0.1) is 10.6 Å². The molecule has 1 heterocycles. The lowest BCUT2D eigenvalue weighted by Crippen LogP contribution is -2.38. The number of nitro groups is 1. The standard InChI is InChI=1S/C18H18FN3O3/c19-14-5-1-2-6-15(14)20-18(23)13-9-11-21(12-10-13)16-7-3-4-8-17(16)22(24)25/h1-8,13H,9-12H2,(H,20,23). The minimum absolute atomic E-state index is 0.0664. The summed E-state index contributed by atoms with van der Waals surface area (Å²) in [6.07, 6.45) is 1.12. The number of benzene rings is 2. The van der Waals surface area contributed by atoms with E-state index in [1.807, 2.05) is 4.90 Å². The van der Waals surface area contributed by atoms with Gasteiger partial charge >= 0.3 is 0 Å². The number of halogens is 1. The fourth-order valence-corrected chi connectivity index (χ4v) is 3.07. The molecule has 25 heavy (non-hydrogen) atoms. The Hall–Kier alpha value is -2.96. The number of nitrogens with zero attached hydrogens (tertiary/aromatic N) is 2. The van der Waals surface area contributed by atoms with Crippen LogP contribution in [0.4, 0.5) is 21.5 Å². The second-order valence-electron chi connectivity index (χ2n) is 5.98. The lowest BCUT2D eigenvalue weighted by molar-refractivity contribution is -0.384. The van der Waals surface area contributed by atoms with Gasteiger partial charge in [0.25, 0.3) is 5.69 Å². The number of carbonyl (C=O) groups is 1. The largest absolute Gasteiger partial charge is 0.366 e. The first-order valence-corrected chi connectivity index (χ1v) is 8.10. The molecular weight excluding hydrogens is 325 g/mol. The molecule has 0 unspecified atom stereocenters. The zero-order valence-corrected chi connectivity index (χ0v) is 13.5. The summed E-state index contributed by atoms with van der Waals surface area (Å²) in [7, 11) is 0. The van der Waals surface area contributed by atoms with Crippen LogP contribution in [-0.4, -0.2) is 23.9 Å². The summed E-state index contributed by atoms with van der Waals surface area (Å²) in [6.45, 7) is 1.08. The van der Waals surface area contributed by atoms with Gasteiger partial charge in [0, 0.05) is 25.1 Å². The van der Waals surface area contributed by atoms with Crippen LogP contribution >= 0.6 is 0 Å². The van der Waals surface area contributed by atoms with Gasteiger partial charge in [-0.05, 0) is 31.0 Å². The van der Waals surface area contributed by atoms with E-state index < -0.39 is 10.7 Å².